The number of aromatic nitrogens is 6. The molecule has 4 heterocycles. The van der Waals surface area contributed by atoms with Crippen LogP contribution in [-0.2, 0) is 0 Å². The van der Waals surface area contributed by atoms with Gasteiger partial charge in [0.1, 0.15) is 11.5 Å². The van der Waals surface area contributed by atoms with Gasteiger partial charge in [0.25, 0.3) is 11.6 Å². The lowest BCUT2D eigenvalue weighted by Gasteiger charge is -2.11. The summed E-state index contributed by atoms with van der Waals surface area (Å²) in [7, 11) is 0. The van der Waals surface area contributed by atoms with Crippen molar-refractivity contribution in [1.29, 1.82) is 0 Å². The highest BCUT2D eigenvalue weighted by molar-refractivity contribution is 6.13. The minimum absolute atomic E-state index is 0.294. The summed E-state index contributed by atoms with van der Waals surface area (Å²) in [5.74, 6) is 1.81. The Morgan fingerprint density at radius 2 is 1.88 bits per heavy atom. The lowest BCUT2D eigenvalue weighted by molar-refractivity contribution is 0.102. The maximum Gasteiger partial charge on any atom is 0.259 e. The molecule has 166 valence electrons. The van der Waals surface area contributed by atoms with Crippen LogP contribution in [-0.4, -0.2) is 36.3 Å². The van der Waals surface area contributed by atoms with Gasteiger partial charge in [-0.05, 0) is 74.9 Å². The molecule has 0 aliphatic carbocycles. The molecule has 0 unspecified atom stereocenters. The second-order valence-corrected chi connectivity index (χ2v) is 7.92. The number of carbonyl (C=O) groups excluding carboxylic acids is 1. The van der Waals surface area contributed by atoms with Gasteiger partial charge in [0, 0.05) is 11.3 Å². The third kappa shape index (κ3) is 3.55. The molecule has 1 N–H and O–H groups in total. The number of furan rings is 1. The van der Waals surface area contributed by atoms with Crippen LogP contribution in [0.1, 0.15) is 39.0 Å². The Bertz CT molecular complexity index is 1530. The summed E-state index contributed by atoms with van der Waals surface area (Å²) in [6.07, 6.45) is 0. The quantitative estimate of drug-likeness (QED) is 0.437. The van der Waals surface area contributed by atoms with Crippen LogP contribution >= 0.6 is 0 Å². The number of benzene rings is 1. The van der Waals surface area contributed by atoms with Gasteiger partial charge < -0.3 is 14.3 Å². The Morgan fingerprint density at radius 1 is 1.06 bits per heavy atom. The predicted octanol–water partition coefficient (Wildman–Crippen LogP) is 4.25. The van der Waals surface area contributed by atoms with Gasteiger partial charge in [0.2, 0.25) is 0 Å². The Morgan fingerprint density at radius 3 is 2.58 bits per heavy atom. The zero-order valence-corrected chi connectivity index (χ0v) is 18.8. The first-order valence-corrected chi connectivity index (χ1v) is 10.3. The summed E-state index contributed by atoms with van der Waals surface area (Å²) >= 11 is 0. The van der Waals surface area contributed by atoms with Gasteiger partial charge >= 0.3 is 0 Å². The van der Waals surface area contributed by atoms with E-state index in [9.17, 15) is 4.79 Å². The number of fused-ring (bicyclic) bond motifs is 1. The van der Waals surface area contributed by atoms with Crippen LogP contribution in [0.2, 0.25) is 0 Å². The number of amides is 1. The van der Waals surface area contributed by atoms with Crippen LogP contribution in [0.5, 0.6) is 0 Å². The lowest BCUT2D eigenvalue weighted by atomic mass is 10.0. The minimum atomic E-state index is -0.309. The molecule has 0 radical (unpaired) electrons. The van der Waals surface area contributed by atoms with Crippen molar-refractivity contribution in [3.05, 3.63) is 64.5 Å². The van der Waals surface area contributed by atoms with E-state index in [0.29, 0.717) is 45.3 Å². The van der Waals surface area contributed by atoms with Crippen molar-refractivity contribution in [1.82, 2.24) is 30.3 Å². The Hall–Kier alpha value is -4.34. The normalized spacial score (nSPS) is 11.3. The topological polar surface area (TPSA) is 125 Å². The van der Waals surface area contributed by atoms with Crippen molar-refractivity contribution < 1.29 is 13.7 Å². The van der Waals surface area contributed by atoms with Crippen LogP contribution in [0.4, 0.5) is 5.69 Å². The second kappa shape index (κ2) is 7.66. The van der Waals surface area contributed by atoms with E-state index in [1.807, 2.05) is 52.0 Å². The number of nitrogens with one attached hydrogen (secondary N) is 1. The summed E-state index contributed by atoms with van der Waals surface area (Å²) in [6.45, 7) is 9.27. The number of pyridine rings is 1. The molecule has 1 aromatic carbocycles. The second-order valence-electron chi connectivity index (χ2n) is 7.92. The van der Waals surface area contributed by atoms with Gasteiger partial charge in [0.05, 0.1) is 28.0 Å². The molecular formula is C23H21N7O3. The number of nitrogens with zero attached hydrogens (tertiary/aromatic N) is 6. The summed E-state index contributed by atoms with van der Waals surface area (Å²) in [4.78, 5) is 18.0. The molecule has 0 aliphatic heterocycles. The standard InChI is InChI=1S/C23H21N7O3/c1-11-6-7-16(9-20(11)30-15(5)26-28-29-30)24-22(31)18-10-19(17-8-12(2)32-14(17)4)25-23-21(18)13(3)27-33-23/h6-10H,1-5H3,(H,24,31). The van der Waals surface area contributed by atoms with E-state index >= 15 is 0 Å². The fourth-order valence-corrected chi connectivity index (χ4v) is 3.86. The van der Waals surface area contributed by atoms with E-state index in [1.165, 1.54) is 0 Å². The number of aryl methyl sites for hydroxylation is 5. The molecule has 0 aliphatic rings. The zero-order valence-electron chi connectivity index (χ0n) is 18.8. The lowest BCUT2D eigenvalue weighted by Crippen LogP contribution is -2.14. The highest BCUT2D eigenvalue weighted by Crippen LogP contribution is 2.31. The number of rotatable bonds is 4. The molecule has 5 rings (SSSR count). The molecular weight excluding hydrogens is 422 g/mol. The fraction of sp³-hybridized carbons (Fsp3) is 0.217. The molecule has 0 spiro atoms. The van der Waals surface area contributed by atoms with E-state index in [4.69, 9.17) is 8.94 Å². The fourth-order valence-electron chi connectivity index (χ4n) is 3.86. The largest absolute Gasteiger partial charge is 0.466 e. The molecule has 5 aromatic rings. The van der Waals surface area contributed by atoms with Gasteiger partial charge in [-0.25, -0.2) is 4.98 Å². The van der Waals surface area contributed by atoms with Crippen LogP contribution in [0, 0.1) is 34.6 Å². The third-order valence-electron chi connectivity index (χ3n) is 5.50. The first-order chi connectivity index (χ1) is 15.8. The van der Waals surface area contributed by atoms with E-state index in [1.54, 1.807) is 17.7 Å². The molecule has 0 fully saturated rings. The average Bonchev–Trinajstić information content (AvgIpc) is 3.47. The molecule has 4 aromatic heterocycles. The van der Waals surface area contributed by atoms with E-state index < -0.39 is 0 Å². The molecule has 0 saturated carbocycles. The van der Waals surface area contributed by atoms with Gasteiger partial charge in [-0.3, -0.25) is 4.79 Å². The van der Waals surface area contributed by atoms with Gasteiger partial charge in [0.15, 0.2) is 5.82 Å². The Balaban J connectivity index is 1.57. The average molecular weight is 443 g/mol. The van der Waals surface area contributed by atoms with Crippen molar-refractivity contribution in [2.75, 3.05) is 5.32 Å². The van der Waals surface area contributed by atoms with Crippen molar-refractivity contribution in [2.45, 2.75) is 34.6 Å². The molecule has 33 heavy (non-hydrogen) atoms. The molecule has 0 saturated heterocycles. The van der Waals surface area contributed by atoms with Gasteiger partial charge in [-0.1, -0.05) is 11.2 Å². The van der Waals surface area contributed by atoms with Crippen molar-refractivity contribution in [2.24, 2.45) is 0 Å². The minimum Gasteiger partial charge on any atom is -0.466 e. The molecule has 1 amide bonds. The van der Waals surface area contributed by atoms with Crippen LogP contribution in [0.3, 0.4) is 0 Å². The van der Waals surface area contributed by atoms with Gasteiger partial charge in [-0.15, -0.1) is 5.10 Å². The predicted molar refractivity (Wildman–Crippen MR) is 120 cm³/mol. The van der Waals surface area contributed by atoms with Crippen LogP contribution in [0.25, 0.3) is 28.0 Å². The summed E-state index contributed by atoms with van der Waals surface area (Å²) in [6, 6.07) is 9.19. The van der Waals surface area contributed by atoms with Crippen molar-refractivity contribution in [3.63, 3.8) is 0 Å². The maximum atomic E-state index is 13.4. The van der Waals surface area contributed by atoms with E-state index in [-0.39, 0.29) is 5.91 Å². The van der Waals surface area contributed by atoms with Crippen molar-refractivity contribution in [3.8, 4) is 16.9 Å². The Labute approximate surface area is 188 Å². The monoisotopic (exact) mass is 443 g/mol. The number of hydrogen-bond donors (Lipinski definition) is 1. The first-order valence-electron chi connectivity index (χ1n) is 10.3. The maximum absolute atomic E-state index is 13.4. The van der Waals surface area contributed by atoms with E-state index in [2.05, 4.69) is 31.0 Å². The number of carbonyl (C=O) groups is 1. The van der Waals surface area contributed by atoms with Gasteiger partial charge in [-0.2, -0.15) is 4.68 Å². The highest BCUT2D eigenvalue weighted by Gasteiger charge is 2.21. The SMILES string of the molecule is Cc1cc(-c2cc(C(=O)Nc3ccc(C)c(-n4nnnc4C)c3)c3c(C)noc3n2)c(C)o1. The molecule has 10 nitrogen and oxygen atoms in total. The molecule has 0 atom stereocenters. The zero-order chi connectivity index (χ0) is 23.3. The smallest absolute Gasteiger partial charge is 0.259 e. The van der Waals surface area contributed by atoms with E-state index in [0.717, 1.165) is 22.6 Å². The number of tetrazole rings is 1. The summed E-state index contributed by atoms with van der Waals surface area (Å²) < 4.78 is 12.7. The highest BCUT2D eigenvalue weighted by atomic mass is 16.5. The molecule has 10 heteroatoms. The summed E-state index contributed by atoms with van der Waals surface area (Å²) in [5.41, 5.74) is 5.01. The van der Waals surface area contributed by atoms with Crippen LogP contribution in [0.15, 0.2) is 39.3 Å². The number of hydrogen-bond acceptors (Lipinski definition) is 8. The van der Waals surface area contributed by atoms with Crippen LogP contribution < -0.4 is 5.32 Å². The Kier molecular flexibility index (Phi) is 4.77. The van der Waals surface area contributed by atoms with Crippen molar-refractivity contribution >= 4 is 22.7 Å². The summed E-state index contributed by atoms with van der Waals surface area (Å²) in [5, 5.41) is 19.2. The first kappa shape index (κ1) is 20.6. The third-order valence-corrected chi connectivity index (χ3v) is 5.50. The molecule has 0 bridgehead atoms. The number of anilines is 1.